The van der Waals surface area contributed by atoms with Gasteiger partial charge in [-0.3, -0.25) is 14.8 Å². The largest absolute Gasteiger partial charge is 0.490 e. The molecule has 4 rings (SSSR count). The van der Waals surface area contributed by atoms with Crippen molar-refractivity contribution in [3.05, 3.63) is 54.2 Å². The standard InChI is InChI=1S/C17H21N3O.2C2HF3O2/c1-3-14(7-18-5-1)8-19-9-15-11-20(12-16(15)10-19)13-17-4-2-6-21-17;2*3-2(4,5)1(6)7/h1-7,15-16H,8-13H2;2*(H,6,7). The minimum absolute atomic E-state index is 0.816. The van der Waals surface area contributed by atoms with Crippen LogP contribution in [-0.2, 0) is 22.7 Å². The van der Waals surface area contributed by atoms with Crippen molar-refractivity contribution in [2.45, 2.75) is 25.4 Å². The zero-order valence-electron chi connectivity index (χ0n) is 18.2. The topological polar surface area (TPSA) is 107 Å². The van der Waals surface area contributed by atoms with Crippen molar-refractivity contribution in [1.29, 1.82) is 0 Å². The lowest BCUT2D eigenvalue weighted by Gasteiger charge is -2.20. The highest BCUT2D eigenvalue weighted by atomic mass is 19.4. The molecule has 2 saturated heterocycles. The van der Waals surface area contributed by atoms with E-state index in [1.165, 1.54) is 31.7 Å². The number of furan rings is 1. The fraction of sp³-hybridized carbons (Fsp3) is 0.476. The van der Waals surface area contributed by atoms with Crippen molar-refractivity contribution in [1.82, 2.24) is 14.8 Å². The summed E-state index contributed by atoms with van der Waals surface area (Å²) in [4.78, 5) is 27.1. The molecule has 2 aliphatic rings. The summed E-state index contributed by atoms with van der Waals surface area (Å²) in [6, 6.07) is 8.24. The maximum atomic E-state index is 10.6. The lowest BCUT2D eigenvalue weighted by molar-refractivity contribution is -0.193. The van der Waals surface area contributed by atoms with Crippen molar-refractivity contribution >= 4 is 11.9 Å². The van der Waals surface area contributed by atoms with Crippen LogP contribution >= 0.6 is 0 Å². The Balaban J connectivity index is 0.000000257. The first-order chi connectivity index (χ1) is 16.3. The summed E-state index contributed by atoms with van der Waals surface area (Å²) in [5.41, 5.74) is 1.32. The molecule has 2 unspecified atom stereocenters. The van der Waals surface area contributed by atoms with E-state index < -0.39 is 24.3 Å². The van der Waals surface area contributed by atoms with Gasteiger partial charge in [0, 0.05) is 45.1 Å². The number of carboxylic acids is 2. The lowest BCUT2D eigenvalue weighted by Crippen LogP contribution is -2.28. The van der Waals surface area contributed by atoms with E-state index in [4.69, 9.17) is 24.2 Å². The third kappa shape index (κ3) is 9.56. The molecule has 2 aromatic rings. The van der Waals surface area contributed by atoms with Crippen molar-refractivity contribution in [3.63, 3.8) is 0 Å². The minimum atomic E-state index is -5.08. The normalized spacial score (nSPS) is 20.3. The average Bonchev–Trinajstić information content (AvgIpc) is 3.46. The summed E-state index contributed by atoms with van der Waals surface area (Å²) in [7, 11) is 0. The first kappa shape index (κ1) is 28.1. The Bertz CT molecular complexity index is 899. The second kappa shape index (κ2) is 12.0. The van der Waals surface area contributed by atoms with E-state index in [0.717, 1.165) is 30.7 Å². The predicted molar refractivity (Wildman–Crippen MR) is 108 cm³/mol. The molecule has 2 atom stereocenters. The van der Waals surface area contributed by atoms with Gasteiger partial charge in [-0.05, 0) is 35.6 Å². The molecule has 0 saturated carbocycles. The second-order valence-corrected chi connectivity index (χ2v) is 7.95. The molecule has 0 aliphatic carbocycles. The van der Waals surface area contributed by atoms with E-state index in [9.17, 15) is 26.3 Å². The number of pyridine rings is 1. The van der Waals surface area contributed by atoms with Crippen molar-refractivity contribution in [2.24, 2.45) is 11.8 Å². The third-order valence-electron chi connectivity index (χ3n) is 5.21. The fourth-order valence-electron chi connectivity index (χ4n) is 3.82. The molecule has 0 amide bonds. The number of carbonyl (C=O) groups is 2. The van der Waals surface area contributed by atoms with Crippen LogP contribution in [0.4, 0.5) is 26.3 Å². The Hall–Kier alpha value is -3.13. The van der Waals surface area contributed by atoms with Gasteiger partial charge in [-0.1, -0.05) is 6.07 Å². The number of nitrogens with zero attached hydrogens (tertiary/aromatic N) is 3. The van der Waals surface area contributed by atoms with Crippen LogP contribution in [0.1, 0.15) is 11.3 Å². The lowest BCUT2D eigenvalue weighted by atomic mass is 10.0. The van der Waals surface area contributed by atoms with Gasteiger partial charge in [-0.25, -0.2) is 9.59 Å². The maximum absolute atomic E-state index is 10.6. The van der Waals surface area contributed by atoms with E-state index in [1.807, 2.05) is 24.5 Å². The Morgan fingerprint density at radius 1 is 0.886 bits per heavy atom. The van der Waals surface area contributed by atoms with Crippen LogP contribution in [0.15, 0.2) is 47.3 Å². The van der Waals surface area contributed by atoms with Gasteiger partial charge < -0.3 is 14.6 Å². The highest BCUT2D eigenvalue weighted by molar-refractivity contribution is 5.73. The fourth-order valence-corrected chi connectivity index (χ4v) is 3.82. The van der Waals surface area contributed by atoms with Crippen LogP contribution in [0.2, 0.25) is 0 Å². The molecule has 14 heteroatoms. The maximum Gasteiger partial charge on any atom is 0.490 e. The van der Waals surface area contributed by atoms with Gasteiger partial charge in [-0.2, -0.15) is 26.3 Å². The summed E-state index contributed by atoms with van der Waals surface area (Å²) in [5, 5.41) is 14.2. The van der Waals surface area contributed by atoms with Gasteiger partial charge in [0.05, 0.1) is 12.8 Å². The van der Waals surface area contributed by atoms with Gasteiger partial charge >= 0.3 is 24.3 Å². The van der Waals surface area contributed by atoms with Crippen molar-refractivity contribution in [3.8, 4) is 0 Å². The molecule has 2 N–H and O–H groups in total. The first-order valence-corrected chi connectivity index (χ1v) is 10.2. The van der Waals surface area contributed by atoms with Gasteiger partial charge in [0.2, 0.25) is 0 Å². The number of rotatable bonds is 4. The monoisotopic (exact) mass is 511 g/mol. The molecule has 2 aromatic heterocycles. The summed E-state index contributed by atoms with van der Waals surface area (Å²) in [6.07, 6.45) is -4.58. The highest BCUT2D eigenvalue weighted by Crippen LogP contribution is 2.32. The third-order valence-corrected chi connectivity index (χ3v) is 5.21. The van der Waals surface area contributed by atoms with Crippen molar-refractivity contribution < 1.29 is 50.6 Å². The van der Waals surface area contributed by atoms with Crippen LogP contribution in [0.5, 0.6) is 0 Å². The zero-order chi connectivity index (χ0) is 26.2. The zero-order valence-corrected chi connectivity index (χ0v) is 18.2. The number of alkyl halides is 6. The predicted octanol–water partition coefficient (Wildman–Crippen LogP) is 3.51. The number of likely N-dealkylation sites (tertiary alicyclic amines) is 2. The molecule has 0 spiro atoms. The number of hydrogen-bond donors (Lipinski definition) is 2. The Morgan fingerprint density at radius 2 is 1.37 bits per heavy atom. The number of fused-ring (bicyclic) bond motifs is 1. The van der Waals surface area contributed by atoms with Crippen LogP contribution < -0.4 is 0 Å². The van der Waals surface area contributed by atoms with E-state index in [-0.39, 0.29) is 0 Å². The molecule has 0 bridgehead atoms. The van der Waals surface area contributed by atoms with E-state index in [1.54, 1.807) is 6.26 Å². The van der Waals surface area contributed by atoms with Crippen molar-refractivity contribution in [2.75, 3.05) is 26.2 Å². The number of aliphatic carboxylic acids is 2. The second-order valence-electron chi connectivity index (χ2n) is 7.95. The Morgan fingerprint density at radius 3 is 1.74 bits per heavy atom. The van der Waals surface area contributed by atoms with Gasteiger partial charge in [0.15, 0.2) is 0 Å². The molecule has 194 valence electrons. The molecule has 8 nitrogen and oxygen atoms in total. The highest BCUT2D eigenvalue weighted by Gasteiger charge is 2.40. The van der Waals surface area contributed by atoms with Crippen LogP contribution in [-0.4, -0.2) is 75.5 Å². The molecular formula is C21H23F6N3O5. The summed E-state index contributed by atoms with van der Waals surface area (Å²) in [5.74, 6) is -2.80. The molecule has 0 radical (unpaired) electrons. The summed E-state index contributed by atoms with van der Waals surface area (Å²) in [6.45, 7) is 6.84. The minimum Gasteiger partial charge on any atom is -0.475 e. The molecular weight excluding hydrogens is 488 g/mol. The quantitative estimate of drug-likeness (QED) is 0.601. The average molecular weight is 511 g/mol. The van der Waals surface area contributed by atoms with E-state index >= 15 is 0 Å². The number of aromatic nitrogens is 1. The molecule has 2 fully saturated rings. The number of carboxylic acid groups (broad SMARTS) is 2. The SMILES string of the molecule is O=C(O)C(F)(F)F.O=C(O)C(F)(F)F.c1cncc(CN2CC3CN(Cc4ccco4)CC3C2)c1. The summed E-state index contributed by atoms with van der Waals surface area (Å²) >= 11 is 0. The first-order valence-electron chi connectivity index (χ1n) is 10.2. The van der Waals surface area contributed by atoms with Crippen LogP contribution in [0.25, 0.3) is 0 Å². The molecule has 4 heterocycles. The van der Waals surface area contributed by atoms with Crippen LogP contribution in [0.3, 0.4) is 0 Å². The summed E-state index contributed by atoms with van der Waals surface area (Å²) < 4.78 is 68.9. The van der Waals surface area contributed by atoms with Gasteiger partial charge in [-0.15, -0.1) is 0 Å². The molecule has 0 aromatic carbocycles. The smallest absolute Gasteiger partial charge is 0.475 e. The van der Waals surface area contributed by atoms with E-state index in [2.05, 4.69) is 26.9 Å². The Kier molecular flexibility index (Phi) is 9.65. The van der Waals surface area contributed by atoms with E-state index in [0.29, 0.717) is 0 Å². The molecule has 35 heavy (non-hydrogen) atoms. The number of halogens is 6. The van der Waals surface area contributed by atoms with Crippen LogP contribution in [0, 0.1) is 11.8 Å². The number of hydrogen-bond acceptors (Lipinski definition) is 6. The Labute approximate surface area is 195 Å². The molecule has 2 aliphatic heterocycles. The van der Waals surface area contributed by atoms with Gasteiger partial charge in [0.1, 0.15) is 5.76 Å². The van der Waals surface area contributed by atoms with Gasteiger partial charge in [0.25, 0.3) is 0 Å².